The van der Waals surface area contributed by atoms with E-state index in [0.717, 1.165) is 0 Å². The zero-order chi connectivity index (χ0) is 10.7. The number of thioether (sulfide) groups is 1. The van der Waals surface area contributed by atoms with E-state index in [2.05, 4.69) is 15.0 Å². The van der Waals surface area contributed by atoms with Crippen molar-refractivity contribution in [3.63, 3.8) is 0 Å². The summed E-state index contributed by atoms with van der Waals surface area (Å²) in [5.41, 5.74) is 0. The molecule has 0 bridgehead atoms. The number of nitrogens with zero attached hydrogens (tertiary/aromatic N) is 5. The van der Waals surface area contributed by atoms with Crippen molar-refractivity contribution >= 4 is 23.7 Å². The molecule has 0 spiro atoms. The van der Waals surface area contributed by atoms with E-state index in [0.29, 0.717) is 17.1 Å². The smallest absolute Gasteiger partial charge is 0.245 e. The molecule has 0 fully saturated rings. The van der Waals surface area contributed by atoms with Gasteiger partial charge in [-0.05, 0) is 6.26 Å². The van der Waals surface area contributed by atoms with Gasteiger partial charge in [0.25, 0.3) is 0 Å². The summed E-state index contributed by atoms with van der Waals surface area (Å²) in [6.07, 6.45) is 1.91. The van der Waals surface area contributed by atoms with Crippen LogP contribution in [0, 0.1) is 0 Å². The Hall–Kier alpha value is -1.08. The summed E-state index contributed by atoms with van der Waals surface area (Å²) in [7, 11) is 5.44. The summed E-state index contributed by atoms with van der Waals surface area (Å²) < 4.78 is 0. The first-order chi connectivity index (χ1) is 6.54. The number of rotatable bonds is 3. The molecular formula is C7H14N6S. The third-order valence-corrected chi connectivity index (χ3v) is 2.04. The van der Waals surface area contributed by atoms with Gasteiger partial charge >= 0.3 is 0 Å². The monoisotopic (exact) mass is 214 g/mol. The fraction of sp³-hybridized carbons (Fsp3) is 0.571. The molecule has 1 rings (SSSR count). The topological polar surface area (TPSA) is 71.2 Å². The van der Waals surface area contributed by atoms with Crippen LogP contribution in [0.15, 0.2) is 5.16 Å². The van der Waals surface area contributed by atoms with E-state index in [-0.39, 0.29) is 0 Å². The maximum absolute atomic E-state index is 5.56. The Balaban J connectivity index is 3.13. The molecule has 0 aliphatic heterocycles. The zero-order valence-electron chi connectivity index (χ0n) is 8.72. The highest BCUT2D eigenvalue weighted by Crippen LogP contribution is 2.15. The predicted molar refractivity (Wildman–Crippen MR) is 58.5 cm³/mol. The minimum atomic E-state index is 0.466. The summed E-state index contributed by atoms with van der Waals surface area (Å²) in [6, 6.07) is 0. The minimum Gasteiger partial charge on any atom is -0.347 e. The van der Waals surface area contributed by atoms with Crippen molar-refractivity contribution < 1.29 is 0 Å². The van der Waals surface area contributed by atoms with Gasteiger partial charge in [0.15, 0.2) is 5.16 Å². The Labute approximate surface area is 87.5 Å². The van der Waals surface area contributed by atoms with E-state index < -0.39 is 0 Å². The van der Waals surface area contributed by atoms with Gasteiger partial charge in [-0.25, -0.2) is 5.84 Å². The van der Waals surface area contributed by atoms with Crippen LogP contribution in [0.3, 0.4) is 0 Å². The highest BCUT2D eigenvalue weighted by Gasteiger charge is 2.08. The van der Waals surface area contributed by atoms with Crippen LogP contribution < -0.4 is 15.8 Å². The van der Waals surface area contributed by atoms with Crippen molar-refractivity contribution in [3.05, 3.63) is 0 Å². The van der Waals surface area contributed by atoms with Gasteiger partial charge in [0, 0.05) is 21.1 Å². The molecule has 0 aliphatic rings. The van der Waals surface area contributed by atoms with Crippen LogP contribution in [0.5, 0.6) is 0 Å². The Morgan fingerprint density at radius 2 is 1.64 bits per heavy atom. The van der Waals surface area contributed by atoms with Crippen molar-refractivity contribution in [2.45, 2.75) is 5.16 Å². The number of aromatic nitrogens is 3. The molecular weight excluding hydrogens is 200 g/mol. The lowest BCUT2D eigenvalue weighted by atomic mass is 10.8. The maximum atomic E-state index is 5.56. The molecule has 1 aromatic heterocycles. The molecule has 0 amide bonds. The average Bonchev–Trinajstić information content (AvgIpc) is 2.16. The molecule has 0 unspecified atom stereocenters. The van der Waals surface area contributed by atoms with Crippen LogP contribution in [0.1, 0.15) is 0 Å². The first-order valence-corrected chi connectivity index (χ1v) is 5.23. The van der Waals surface area contributed by atoms with E-state index in [4.69, 9.17) is 5.84 Å². The summed E-state index contributed by atoms with van der Waals surface area (Å²) in [5.74, 6) is 6.63. The first kappa shape index (κ1) is 11.0. The van der Waals surface area contributed by atoms with Crippen molar-refractivity contribution in [1.82, 2.24) is 15.0 Å². The second-order valence-electron chi connectivity index (χ2n) is 2.93. The molecule has 78 valence electrons. The number of nitrogens with two attached hydrogens (primary N) is 1. The van der Waals surface area contributed by atoms with Crippen molar-refractivity contribution in [3.8, 4) is 0 Å². The Bertz CT molecular complexity index is 287. The summed E-state index contributed by atoms with van der Waals surface area (Å²) in [5, 5.41) is 2.03. The van der Waals surface area contributed by atoms with Gasteiger partial charge in [0.05, 0.1) is 0 Å². The van der Waals surface area contributed by atoms with Crippen molar-refractivity contribution in [2.75, 3.05) is 37.3 Å². The van der Waals surface area contributed by atoms with E-state index in [1.54, 1.807) is 7.05 Å². The molecule has 1 heterocycles. The fourth-order valence-corrected chi connectivity index (χ4v) is 1.13. The third kappa shape index (κ3) is 2.46. The van der Waals surface area contributed by atoms with Gasteiger partial charge in [-0.1, -0.05) is 11.8 Å². The number of hydrazine groups is 1. The largest absolute Gasteiger partial charge is 0.347 e. The van der Waals surface area contributed by atoms with Crippen molar-refractivity contribution in [1.29, 1.82) is 0 Å². The van der Waals surface area contributed by atoms with Gasteiger partial charge in [0.1, 0.15) is 0 Å². The highest BCUT2D eigenvalue weighted by molar-refractivity contribution is 7.98. The molecule has 0 radical (unpaired) electrons. The second kappa shape index (κ2) is 4.43. The molecule has 0 aliphatic carbocycles. The van der Waals surface area contributed by atoms with Crippen LogP contribution in [0.2, 0.25) is 0 Å². The van der Waals surface area contributed by atoms with Gasteiger partial charge in [-0.3, -0.25) is 5.01 Å². The normalized spacial score (nSPS) is 10.1. The lowest BCUT2D eigenvalue weighted by Gasteiger charge is -2.15. The van der Waals surface area contributed by atoms with E-state index in [1.165, 1.54) is 16.8 Å². The quantitative estimate of drug-likeness (QED) is 0.430. The number of anilines is 2. The molecule has 2 N–H and O–H groups in total. The highest BCUT2D eigenvalue weighted by atomic mass is 32.2. The van der Waals surface area contributed by atoms with E-state index in [9.17, 15) is 0 Å². The average molecular weight is 214 g/mol. The zero-order valence-corrected chi connectivity index (χ0v) is 9.54. The SMILES string of the molecule is CSc1nc(N(C)C)nc(N(C)N)n1. The molecule has 0 saturated heterocycles. The molecule has 0 saturated carbocycles. The summed E-state index contributed by atoms with van der Waals surface area (Å²) >= 11 is 1.46. The summed E-state index contributed by atoms with van der Waals surface area (Å²) in [6.45, 7) is 0. The fourth-order valence-electron chi connectivity index (χ4n) is 0.785. The minimum absolute atomic E-state index is 0.466. The lowest BCUT2D eigenvalue weighted by molar-refractivity contribution is 0.821. The standard InChI is InChI=1S/C7H14N6S/c1-12(2)5-9-6(13(3)8)11-7(10-5)14-4/h8H2,1-4H3. The molecule has 0 aromatic carbocycles. The molecule has 14 heavy (non-hydrogen) atoms. The van der Waals surface area contributed by atoms with Crippen LogP contribution in [0.4, 0.5) is 11.9 Å². The molecule has 0 atom stereocenters. The third-order valence-electron chi connectivity index (χ3n) is 1.49. The van der Waals surface area contributed by atoms with Crippen molar-refractivity contribution in [2.24, 2.45) is 5.84 Å². The van der Waals surface area contributed by atoms with E-state index in [1.807, 2.05) is 25.3 Å². The van der Waals surface area contributed by atoms with Gasteiger partial charge < -0.3 is 4.90 Å². The molecule has 7 heteroatoms. The van der Waals surface area contributed by atoms with Gasteiger partial charge in [-0.15, -0.1) is 0 Å². The van der Waals surface area contributed by atoms with Gasteiger partial charge in [0.2, 0.25) is 11.9 Å². The maximum Gasteiger partial charge on any atom is 0.245 e. The second-order valence-corrected chi connectivity index (χ2v) is 3.70. The predicted octanol–water partition coefficient (Wildman–Crippen LogP) is -0.0306. The Kier molecular flexibility index (Phi) is 3.48. The first-order valence-electron chi connectivity index (χ1n) is 4.00. The molecule has 6 nitrogen and oxygen atoms in total. The van der Waals surface area contributed by atoms with Gasteiger partial charge in [-0.2, -0.15) is 15.0 Å². The number of hydrogen-bond acceptors (Lipinski definition) is 7. The summed E-state index contributed by atoms with van der Waals surface area (Å²) in [4.78, 5) is 14.4. The van der Waals surface area contributed by atoms with Crippen LogP contribution in [0.25, 0.3) is 0 Å². The molecule has 1 aromatic rings. The van der Waals surface area contributed by atoms with E-state index >= 15 is 0 Å². The van der Waals surface area contributed by atoms with Crippen LogP contribution >= 0.6 is 11.8 Å². The Morgan fingerprint density at radius 3 is 2.07 bits per heavy atom. The Morgan fingerprint density at radius 1 is 1.07 bits per heavy atom. The number of hydrogen-bond donors (Lipinski definition) is 1. The van der Waals surface area contributed by atoms with Crippen LogP contribution in [-0.2, 0) is 0 Å². The van der Waals surface area contributed by atoms with Crippen LogP contribution in [-0.4, -0.2) is 42.4 Å². The lowest BCUT2D eigenvalue weighted by Crippen LogP contribution is -2.28.